The Hall–Kier alpha value is -2.37. The zero-order chi connectivity index (χ0) is 16.2. The van der Waals surface area contributed by atoms with E-state index >= 15 is 0 Å². The Balaban J connectivity index is 1.53. The first-order valence-corrected chi connectivity index (χ1v) is 7.93. The number of ether oxygens (including phenoxy) is 1. The first kappa shape index (κ1) is 15.5. The molecule has 2 aromatic rings. The topological polar surface area (TPSA) is 68.5 Å². The van der Waals surface area contributed by atoms with Crippen LogP contribution in [0.4, 0.5) is 0 Å². The molecule has 0 bridgehead atoms. The van der Waals surface area contributed by atoms with Crippen molar-refractivity contribution in [3.05, 3.63) is 30.2 Å². The molecule has 1 aromatic heterocycles. The van der Waals surface area contributed by atoms with Crippen molar-refractivity contribution in [3.8, 4) is 17.1 Å². The highest BCUT2D eigenvalue weighted by Gasteiger charge is 2.20. The molecule has 6 heteroatoms. The van der Waals surface area contributed by atoms with E-state index in [1.807, 2.05) is 29.2 Å². The Morgan fingerprint density at radius 3 is 2.61 bits per heavy atom. The Morgan fingerprint density at radius 2 is 2.00 bits per heavy atom. The van der Waals surface area contributed by atoms with Crippen LogP contribution in [0.2, 0.25) is 0 Å². The number of hydrogen-bond acceptors (Lipinski definition) is 5. The van der Waals surface area contributed by atoms with Crippen molar-refractivity contribution in [2.45, 2.75) is 26.7 Å². The van der Waals surface area contributed by atoms with Gasteiger partial charge in [-0.05, 0) is 43.0 Å². The second-order valence-corrected chi connectivity index (χ2v) is 6.01. The van der Waals surface area contributed by atoms with E-state index in [0.717, 1.165) is 31.5 Å². The normalized spacial score (nSPS) is 15.7. The second-order valence-electron chi connectivity index (χ2n) is 6.01. The van der Waals surface area contributed by atoms with E-state index in [1.165, 1.54) is 0 Å². The molecule has 1 saturated heterocycles. The van der Waals surface area contributed by atoms with E-state index in [1.54, 1.807) is 6.92 Å². The van der Waals surface area contributed by atoms with Gasteiger partial charge in [-0.3, -0.25) is 4.79 Å². The van der Waals surface area contributed by atoms with Crippen LogP contribution in [-0.2, 0) is 4.79 Å². The molecule has 0 atom stereocenters. The van der Waals surface area contributed by atoms with E-state index < -0.39 is 0 Å². The van der Waals surface area contributed by atoms with Crippen LogP contribution in [0.5, 0.6) is 5.75 Å². The number of aryl methyl sites for hydroxylation is 1. The minimum atomic E-state index is 0.0507. The lowest BCUT2D eigenvalue weighted by Crippen LogP contribution is -2.40. The second kappa shape index (κ2) is 6.81. The molecule has 1 fully saturated rings. The molecular formula is C17H21N3O3. The SMILES string of the molecule is Cc1nc(-c2ccc(OCC(=O)N3CCC(C)CC3)cc2)no1. The lowest BCUT2D eigenvalue weighted by atomic mass is 9.99. The van der Waals surface area contributed by atoms with Crippen LogP contribution in [0.3, 0.4) is 0 Å². The lowest BCUT2D eigenvalue weighted by molar-refractivity contribution is -0.134. The van der Waals surface area contributed by atoms with Crippen molar-refractivity contribution in [3.63, 3.8) is 0 Å². The first-order chi connectivity index (χ1) is 11.1. The third kappa shape index (κ3) is 3.88. The highest BCUT2D eigenvalue weighted by Crippen LogP contribution is 2.20. The van der Waals surface area contributed by atoms with Gasteiger partial charge in [0.05, 0.1) is 0 Å². The highest BCUT2D eigenvalue weighted by atomic mass is 16.5. The van der Waals surface area contributed by atoms with Gasteiger partial charge in [0.25, 0.3) is 5.91 Å². The largest absolute Gasteiger partial charge is 0.484 e. The molecule has 1 aliphatic rings. The fourth-order valence-corrected chi connectivity index (χ4v) is 2.61. The van der Waals surface area contributed by atoms with Crippen LogP contribution < -0.4 is 4.74 Å². The molecule has 1 aliphatic heterocycles. The van der Waals surface area contributed by atoms with Crippen molar-refractivity contribution in [1.82, 2.24) is 15.0 Å². The average Bonchev–Trinajstić information content (AvgIpc) is 3.00. The predicted octanol–water partition coefficient (Wildman–Crippen LogP) is 2.68. The number of amides is 1. The van der Waals surface area contributed by atoms with Crippen molar-refractivity contribution >= 4 is 5.91 Å². The quantitative estimate of drug-likeness (QED) is 0.867. The summed E-state index contributed by atoms with van der Waals surface area (Å²) in [7, 11) is 0. The molecule has 3 rings (SSSR count). The summed E-state index contributed by atoms with van der Waals surface area (Å²) in [6, 6.07) is 7.33. The molecule has 1 amide bonds. The van der Waals surface area contributed by atoms with E-state index in [2.05, 4.69) is 17.1 Å². The zero-order valence-electron chi connectivity index (χ0n) is 13.5. The molecule has 2 heterocycles. The number of benzene rings is 1. The predicted molar refractivity (Wildman–Crippen MR) is 84.9 cm³/mol. The highest BCUT2D eigenvalue weighted by molar-refractivity contribution is 5.77. The summed E-state index contributed by atoms with van der Waals surface area (Å²) in [6.07, 6.45) is 2.15. The van der Waals surface area contributed by atoms with Gasteiger partial charge in [-0.15, -0.1) is 0 Å². The summed E-state index contributed by atoms with van der Waals surface area (Å²) in [5, 5.41) is 3.87. The molecule has 0 unspecified atom stereocenters. The van der Waals surface area contributed by atoms with Gasteiger partial charge >= 0.3 is 0 Å². The number of nitrogens with zero attached hydrogens (tertiary/aromatic N) is 3. The van der Waals surface area contributed by atoms with Crippen LogP contribution in [-0.4, -0.2) is 40.6 Å². The summed E-state index contributed by atoms with van der Waals surface area (Å²) in [6.45, 7) is 5.72. The third-order valence-electron chi connectivity index (χ3n) is 4.14. The number of rotatable bonds is 4. The number of piperidine rings is 1. The molecule has 0 spiro atoms. The van der Waals surface area contributed by atoms with Crippen molar-refractivity contribution < 1.29 is 14.1 Å². The maximum atomic E-state index is 12.1. The summed E-state index contributed by atoms with van der Waals surface area (Å²) in [5.74, 6) is 2.50. The molecule has 6 nitrogen and oxygen atoms in total. The van der Waals surface area contributed by atoms with Crippen LogP contribution in [0.1, 0.15) is 25.7 Å². The minimum Gasteiger partial charge on any atom is -0.484 e. The summed E-state index contributed by atoms with van der Waals surface area (Å²) >= 11 is 0. The van der Waals surface area contributed by atoms with Crippen LogP contribution in [0.15, 0.2) is 28.8 Å². The summed E-state index contributed by atoms with van der Waals surface area (Å²) < 4.78 is 10.5. The smallest absolute Gasteiger partial charge is 0.260 e. The minimum absolute atomic E-state index is 0.0507. The Bertz CT molecular complexity index is 658. The Kier molecular flexibility index (Phi) is 4.60. The van der Waals surface area contributed by atoms with E-state index in [9.17, 15) is 4.79 Å². The van der Waals surface area contributed by atoms with Gasteiger partial charge in [-0.1, -0.05) is 12.1 Å². The molecule has 122 valence electrons. The molecule has 0 N–H and O–H groups in total. The molecule has 23 heavy (non-hydrogen) atoms. The van der Waals surface area contributed by atoms with Crippen molar-refractivity contribution in [1.29, 1.82) is 0 Å². The van der Waals surface area contributed by atoms with Gasteiger partial charge in [0.1, 0.15) is 5.75 Å². The molecule has 0 aliphatic carbocycles. The summed E-state index contributed by atoms with van der Waals surface area (Å²) in [5.41, 5.74) is 0.852. The van der Waals surface area contributed by atoms with Gasteiger partial charge in [0, 0.05) is 25.6 Å². The van der Waals surface area contributed by atoms with Crippen LogP contribution in [0.25, 0.3) is 11.4 Å². The van der Waals surface area contributed by atoms with Gasteiger partial charge in [0.2, 0.25) is 11.7 Å². The number of hydrogen-bond donors (Lipinski definition) is 0. The number of aromatic nitrogens is 2. The van der Waals surface area contributed by atoms with E-state index in [-0.39, 0.29) is 12.5 Å². The molecule has 0 radical (unpaired) electrons. The van der Waals surface area contributed by atoms with Crippen LogP contribution >= 0.6 is 0 Å². The number of carbonyl (C=O) groups excluding carboxylic acids is 1. The third-order valence-corrected chi connectivity index (χ3v) is 4.14. The monoisotopic (exact) mass is 315 g/mol. The van der Waals surface area contributed by atoms with Gasteiger partial charge in [-0.2, -0.15) is 4.98 Å². The number of carbonyl (C=O) groups is 1. The molecule has 1 aromatic carbocycles. The van der Waals surface area contributed by atoms with Gasteiger partial charge < -0.3 is 14.2 Å². The maximum absolute atomic E-state index is 12.1. The first-order valence-electron chi connectivity index (χ1n) is 7.93. The fraction of sp³-hybridized carbons (Fsp3) is 0.471. The van der Waals surface area contributed by atoms with Gasteiger partial charge in [-0.25, -0.2) is 0 Å². The Labute approximate surface area is 135 Å². The lowest BCUT2D eigenvalue weighted by Gasteiger charge is -2.30. The average molecular weight is 315 g/mol. The fourth-order valence-electron chi connectivity index (χ4n) is 2.61. The maximum Gasteiger partial charge on any atom is 0.260 e. The number of likely N-dealkylation sites (tertiary alicyclic amines) is 1. The van der Waals surface area contributed by atoms with Crippen LogP contribution in [0, 0.1) is 12.8 Å². The van der Waals surface area contributed by atoms with Gasteiger partial charge in [0.15, 0.2) is 6.61 Å². The molecule has 0 saturated carbocycles. The van der Waals surface area contributed by atoms with E-state index in [4.69, 9.17) is 9.26 Å². The van der Waals surface area contributed by atoms with E-state index in [0.29, 0.717) is 23.4 Å². The Morgan fingerprint density at radius 1 is 1.30 bits per heavy atom. The van der Waals surface area contributed by atoms with Crippen molar-refractivity contribution in [2.75, 3.05) is 19.7 Å². The van der Waals surface area contributed by atoms with Crippen molar-refractivity contribution in [2.24, 2.45) is 5.92 Å². The summed E-state index contributed by atoms with van der Waals surface area (Å²) in [4.78, 5) is 18.2. The standard InChI is InChI=1S/C17H21N3O3/c1-12-7-9-20(10-8-12)16(21)11-22-15-5-3-14(4-6-15)17-18-13(2)23-19-17/h3-6,12H,7-11H2,1-2H3. The molecular weight excluding hydrogens is 294 g/mol. The zero-order valence-corrected chi connectivity index (χ0v) is 13.5.